The third-order valence-corrected chi connectivity index (χ3v) is 3.82. The molecule has 3 aromatic rings. The molecule has 5 nitrogen and oxygen atoms in total. The van der Waals surface area contributed by atoms with Crippen molar-refractivity contribution < 1.29 is 14.0 Å². The van der Waals surface area contributed by atoms with Gasteiger partial charge in [0.1, 0.15) is 5.82 Å². The van der Waals surface area contributed by atoms with E-state index in [0.717, 1.165) is 10.9 Å². The van der Waals surface area contributed by atoms with Gasteiger partial charge >= 0.3 is 0 Å². The van der Waals surface area contributed by atoms with Crippen molar-refractivity contribution in [3.63, 3.8) is 0 Å². The molecule has 0 fully saturated rings. The number of hydrogen-bond donors (Lipinski definition) is 2. The number of amides is 2. The van der Waals surface area contributed by atoms with Gasteiger partial charge < -0.3 is 15.2 Å². The van der Waals surface area contributed by atoms with Crippen molar-refractivity contribution in [3.05, 3.63) is 60.5 Å². The summed E-state index contributed by atoms with van der Waals surface area (Å²) in [4.78, 5) is 23.2. The van der Waals surface area contributed by atoms with E-state index in [2.05, 4.69) is 10.6 Å². The topological polar surface area (TPSA) is 63.1 Å². The van der Waals surface area contributed by atoms with Gasteiger partial charge in [-0.15, -0.1) is 0 Å². The maximum atomic E-state index is 13.6. The Hall–Kier alpha value is -3.15. The van der Waals surface area contributed by atoms with Gasteiger partial charge in [-0.25, -0.2) is 4.39 Å². The highest BCUT2D eigenvalue weighted by atomic mass is 19.1. The molecule has 128 valence electrons. The zero-order chi connectivity index (χ0) is 17.8. The summed E-state index contributed by atoms with van der Waals surface area (Å²) in [6.07, 6.45) is 2.23. The van der Waals surface area contributed by atoms with Crippen LogP contribution >= 0.6 is 0 Å². The molecule has 0 aliphatic heterocycles. The number of carbonyl (C=O) groups is 2. The summed E-state index contributed by atoms with van der Waals surface area (Å²) >= 11 is 0. The summed E-state index contributed by atoms with van der Waals surface area (Å²) in [6.45, 7) is 1.84. The predicted octanol–water partition coefficient (Wildman–Crippen LogP) is 3.77. The first-order valence-corrected chi connectivity index (χ1v) is 7.94. The Kier molecular flexibility index (Phi) is 4.79. The molecule has 0 atom stereocenters. The van der Waals surface area contributed by atoms with Gasteiger partial charge in [-0.3, -0.25) is 9.59 Å². The normalized spacial score (nSPS) is 10.6. The molecule has 0 saturated heterocycles. The summed E-state index contributed by atoms with van der Waals surface area (Å²) < 4.78 is 15.6. The quantitative estimate of drug-likeness (QED) is 0.743. The molecule has 1 heterocycles. The fourth-order valence-electron chi connectivity index (χ4n) is 2.67. The fraction of sp³-hybridized carbons (Fsp3) is 0.158. The molecule has 0 bridgehead atoms. The number of hydrogen-bond acceptors (Lipinski definition) is 2. The maximum Gasteiger partial charge on any atom is 0.226 e. The minimum Gasteiger partial charge on any atom is -0.347 e. The zero-order valence-electron chi connectivity index (χ0n) is 13.8. The summed E-state index contributed by atoms with van der Waals surface area (Å²) in [5, 5.41) is 6.24. The Morgan fingerprint density at radius 3 is 2.68 bits per heavy atom. The van der Waals surface area contributed by atoms with Crippen molar-refractivity contribution in [2.45, 2.75) is 19.9 Å². The van der Waals surface area contributed by atoms with E-state index in [0.29, 0.717) is 12.2 Å². The molecular formula is C19H18FN3O2. The van der Waals surface area contributed by atoms with Crippen molar-refractivity contribution in [2.24, 2.45) is 0 Å². The maximum absolute atomic E-state index is 13.6. The Labute approximate surface area is 144 Å². The third kappa shape index (κ3) is 4.03. The fourth-order valence-corrected chi connectivity index (χ4v) is 2.67. The van der Waals surface area contributed by atoms with E-state index >= 15 is 0 Å². The number of nitrogens with zero attached hydrogens (tertiary/aromatic N) is 1. The molecule has 0 saturated carbocycles. The Morgan fingerprint density at radius 1 is 1.08 bits per heavy atom. The van der Waals surface area contributed by atoms with Gasteiger partial charge in [-0.2, -0.15) is 0 Å². The number of benzene rings is 2. The number of aryl methyl sites for hydroxylation is 1. The monoisotopic (exact) mass is 339 g/mol. The molecule has 0 unspecified atom stereocenters. The van der Waals surface area contributed by atoms with Crippen LogP contribution < -0.4 is 10.6 Å². The molecule has 0 spiro atoms. The Balaban J connectivity index is 1.64. The molecular weight excluding hydrogens is 321 g/mol. The zero-order valence-corrected chi connectivity index (χ0v) is 13.8. The van der Waals surface area contributed by atoms with E-state index in [9.17, 15) is 14.0 Å². The van der Waals surface area contributed by atoms with Crippen LogP contribution in [0.2, 0.25) is 0 Å². The van der Waals surface area contributed by atoms with E-state index in [1.54, 1.807) is 0 Å². The summed E-state index contributed by atoms with van der Waals surface area (Å²) in [5.41, 5.74) is 1.55. The molecule has 0 aliphatic rings. The van der Waals surface area contributed by atoms with Crippen LogP contribution in [-0.4, -0.2) is 16.4 Å². The third-order valence-electron chi connectivity index (χ3n) is 3.82. The SMILES string of the molecule is CC(=O)Nc1cc(NC(=O)CCn2ccc3ccccc32)ccc1F. The van der Waals surface area contributed by atoms with Crippen LogP contribution in [0.5, 0.6) is 0 Å². The number of para-hydroxylation sites is 1. The number of nitrogens with one attached hydrogen (secondary N) is 2. The second-order valence-electron chi connectivity index (χ2n) is 5.74. The van der Waals surface area contributed by atoms with Crippen molar-refractivity contribution in [2.75, 3.05) is 10.6 Å². The second kappa shape index (κ2) is 7.17. The van der Waals surface area contributed by atoms with Gasteiger partial charge in [0.05, 0.1) is 5.69 Å². The molecule has 2 N–H and O–H groups in total. The van der Waals surface area contributed by atoms with Crippen LogP contribution in [0.3, 0.4) is 0 Å². The number of carbonyl (C=O) groups excluding carboxylic acids is 2. The minimum atomic E-state index is -0.549. The number of aromatic nitrogens is 1. The predicted molar refractivity (Wildman–Crippen MR) is 95.9 cm³/mol. The minimum absolute atomic E-state index is 0.0432. The van der Waals surface area contributed by atoms with Crippen LogP contribution in [-0.2, 0) is 16.1 Å². The first kappa shape index (κ1) is 16.7. The van der Waals surface area contributed by atoms with Gasteiger partial charge in [0, 0.05) is 37.3 Å². The molecule has 6 heteroatoms. The van der Waals surface area contributed by atoms with Crippen molar-refractivity contribution in [3.8, 4) is 0 Å². The van der Waals surface area contributed by atoms with Crippen LogP contribution in [0.25, 0.3) is 10.9 Å². The lowest BCUT2D eigenvalue weighted by Crippen LogP contribution is -2.15. The molecule has 25 heavy (non-hydrogen) atoms. The summed E-state index contributed by atoms with van der Waals surface area (Å²) in [6, 6.07) is 14.0. The standard InChI is InChI=1S/C19H18FN3O2/c1-13(24)21-17-12-15(6-7-16(17)20)22-19(25)9-11-23-10-8-14-4-2-3-5-18(14)23/h2-8,10,12H,9,11H2,1H3,(H,21,24)(H,22,25). The van der Waals surface area contributed by atoms with Crippen LogP contribution in [0.1, 0.15) is 13.3 Å². The van der Waals surface area contributed by atoms with Crippen molar-refractivity contribution in [1.82, 2.24) is 4.57 Å². The van der Waals surface area contributed by atoms with Crippen LogP contribution in [0.15, 0.2) is 54.7 Å². The molecule has 2 aromatic carbocycles. The lowest BCUT2D eigenvalue weighted by atomic mass is 10.2. The Morgan fingerprint density at radius 2 is 1.88 bits per heavy atom. The van der Waals surface area contributed by atoms with Gasteiger partial charge in [0.2, 0.25) is 11.8 Å². The molecule has 3 rings (SSSR count). The highest BCUT2D eigenvalue weighted by Gasteiger charge is 2.09. The second-order valence-corrected chi connectivity index (χ2v) is 5.74. The van der Waals surface area contributed by atoms with Gasteiger partial charge in [-0.05, 0) is 35.7 Å². The van der Waals surface area contributed by atoms with Gasteiger partial charge in [-0.1, -0.05) is 18.2 Å². The van der Waals surface area contributed by atoms with Crippen molar-refractivity contribution >= 4 is 34.1 Å². The molecule has 0 aliphatic carbocycles. The first-order chi connectivity index (χ1) is 12.0. The van der Waals surface area contributed by atoms with Crippen molar-refractivity contribution in [1.29, 1.82) is 0 Å². The largest absolute Gasteiger partial charge is 0.347 e. The molecule has 0 radical (unpaired) electrons. The van der Waals surface area contributed by atoms with E-state index in [1.807, 2.05) is 41.1 Å². The number of halogens is 1. The van der Waals surface area contributed by atoms with Crippen LogP contribution in [0, 0.1) is 5.82 Å². The summed E-state index contributed by atoms with van der Waals surface area (Å²) in [5.74, 6) is -1.10. The van der Waals surface area contributed by atoms with Gasteiger partial charge in [0.15, 0.2) is 0 Å². The highest BCUT2D eigenvalue weighted by molar-refractivity contribution is 5.93. The number of anilines is 2. The summed E-state index contributed by atoms with van der Waals surface area (Å²) in [7, 11) is 0. The lowest BCUT2D eigenvalue weighted by Gasteiger charge is -2.10. The van der Waals surface area contributed by atoms with E-state index in [4.69, 9.17) is 0 Å². The highest BCUT2D eigenvalue weighted by Crippen LogP contribution is 2.20. The van der Waals surface area contributed by atoms with E-state index in [-0.39, 0.29) is 23.9 Å². The Bertz CT molecular complexity index is 933. The molecule has 1 aromatic heterocycles. The van der Waals surface area contributed by atoms with E-state index in [1.165, 1.54) is 25.1 Å². The van der Waals surface area contributed by atoms with Crippen LogP contribution in [0.4, 0.5) is 15.8 Å². The smallest absolute Gasteiger partial charge is 0.226 e. The average Bonchev–Trinajstić information content (AvgIpc) is 2.99. The van der Waals surface area contributed by atoms with Gasteiger partial charge in [0.25, 0.3) is 0 Å². The number of rotatable bonds is 5. The molecule has 2 amide bonds. The van der Waals surface area contributed by atoms with E-state index < -0.39 is 5.82 Å². The number of fused-ring (bicyclic) bond motifs is 1. The lowest BCUT2D eigenvalue weighted by molar-refractivity contribution is -0.116. The average molecular weight is 339 g/mol. The first-order valence-electron chi connectivity index (χ1n) is 7.94.